The van der Waals surface area contributed by atoms with Crippen LogP contribution in [0.2, 0.25) is 0 Å². The van der Waals surface area contributed by atoms with E-state index in [9.17, 15) is 14.4 Å². The van der Waals surface area contributed by atoms with Gasteiger partial charge < -0.3 is 19.5 Å². The molecule has 8 nitrogen and oxygen atoms in total. The molecule has 140 valence electrons. The normalized spacial score (nSPS) is 20.6. The highest BCUT2D eigenvalue weighted by Gasteiger charge is 2.31. The van der Waals surface area contributed by atoms with E-state index >= 15 is 0 Å². The van der Waals surface area contributed by atoms with Gasteiger partial charge in [-0.3, -0.25) is 9.69 Å². The largest absolute Gasteiger partial charge is 0.491 e. The lowest BCUT2D eigenvalue weighted by molar-refractivity contribution is -0.136. The van der Waals surface area contributed by atoms with Crippen LogP contribution in [0.5, 0.6) is 5.75 Å². The van der Waals surface area contributed by atoms with Gasteiger partial charge in [-0.2, -0.15) is 0 Å². The zero-order valence-electron chi connectivity index (χ0n) is 14.6. The van der Waals surface area contributed by atoms with Gasteiger partial charge >= 0.3 is 12.0 Å². The number of benzene rings is 1. The minimum Gasteiger partial charge on any atom is -0.491 e. The molecular weight excluding hydrogens is 340 g/mol. The quantitative estimate of drug-likeness (QED) is 0.768. The van der Waals surface area contributed by atoms with E-state index < -0.39 is 24.0 Å². The average molecular weight is 362 g/mol. The number of carbonyl (C=O) groups excluding carboxylic acids is 3. The van der Waals surface area contributed by atoms with E-state index in [1.165, 1.54) is 6.92 Å². The standard InChI is InChI=1S/C18H22N2O6/c1-12(16(21)20-9-8-19-18(20)23)26-17(22)13-4-6-14(7-5-13)25-11-15-3-2-10-24-15/h4-7,12,15H,2-3,8-11H2,1H3,(H,19,23)/t12-,15+/m0/s1. The maximum absolute atomic E-state index is 12.2. The molecule has 0 radical (unpaired) electrons. The van der Waals surface area contributed by atoms with Crippen molar-refractivity contribution in [3.8, 4) is 5.75 Å². The van der Waals surface area contributed by atoms with E-state index in [4.69, 9.17) is 14.2 Å². The monoisotopic (exact) mass is 362 g/mol. The summed E-state index contributed by atoms with van der Waals surface area (Å²) in [4.78, 5) is 36.9. The Labute approximate surface area is 151 Å². The number of nitrogens with zero attached hydrogens (tertiary/aromatic N) is 1. The summed E-state index contributed by atoms with van der Waals surface area (Å²) in [5, 5.41) is 2.53. The van der Waals surface area contributed by atoms with Gasteiger partial charge in [-0.25, -0.2) is 9.59 Å². The van der Waals surface area contributed by atoms with Crippen LogP contribution in [-0.2, 0) is 14.3 Å². The fraction of sp³-hybridized carbons (Fsp3) is 0.500. The van der Waals surface area contributed by atoms with Gasteiger partial charge in [0.05, 0.1) is 11.7 Å². The van der Waals surface area contributed by atoms with Gasteiger partial charge in [0.2, 0.25) is 0 Å². The number of urea groups is 1. The molecule has 0 unspecified atom stereocenters. The highest BCUT2D eigenvalue weighted by Crippen LogP contribution is 2.17. The predicted octanol–water partition coefficient (Wildman–Crippen LogP) is 1.34. The Bertz CT molecular complexity index is 669. The van der Waals surface area contributed by atoms with Crippen molar-refractivity contribution in [1.82, 2.24) is 10.2 Å². The number of hydrogen-bond donors (Lipinski definition) is 1. The average Bonchev–Trinajstić information content (AvgIpc) is 3.31. The number of rotatable bonds is 6. The third kappa shape index (κ3) is 4.32. The van der Waals surface area contributed by atoms with E-state index in [1.807, 2.05) is 0 Å². The zero-order chi connectivity index (χ0) is 18.5. The Balaban J connectivity index is 1.50. The molecule has 2 fully saturated rings. The second kappa shape index (κ2) is 8.18. The summed E-state index contributed by atoms with van der Waals surface area (Å²) in [6, 6.07) is 6.03. The lowest BCUT2D eigenvalue weighted by Gasteiger charge is -2.18. The molecule has 26 heavy (non-hydrogen) atoms. The molecule has 1 N–H and O–H groups in total. The van der Waals surface area contributed by atoms with Crippen molar-refractivity contribution < 1.29 is 28.6 Å². The highest BCUT2D eigenvalue weighted by atomic mass is 16.5. The maximum atomic E-state index is 12.2. The summed E-state index contributed by atoms with van der Waals surface area (Å²) in [7, 11) is 0. The number of imide groups is 1. The van der Waals surface area contributed by atoms with E-state index in [0.29, 0.717) is 24.5 Å². The van der Waals surface area contributed by atoms with Crippen LogP contribution < -0.4 is 10.1 Å². The first kappa shape index (κ1) is 18.2. The van der Waals surface area contributed by atoms with Crippen LogP contribution in [0.15, 0.2) is 24.3 Å². The van der Waals surface area contributed by atoms with Gasteiger partial charge in [0, 0.05) is 19.7 Å². The molecule has 2 aliphatic rings. The van der Waals surface area contributed by atoms with Crippen LogP contribution in [0.25, 0.3) is 0 Å². The Morgan fingerprint density at radius 2 is 2.12 bits per heavy atom. The van der Waals surface area contributed by atoms with E-state index in [0.717, 1.165) is 24.3 Å². The molecule has 2 saturated heterocycles. The van der Waals surface area contributed by atoms with Crippen LogP contribution in [0, 0.1) is 0 Å². The maximum Gasteiger partial charge on any atom is 0.338 e. The summed E-state index contributed by atoms with van der Waals surface area (Å²) in [5.41, 5.74) is 0.306. The van der Waals surface area contributed by atoms with Crippen molar-refractivity contribution in [1.29, 1.82) is 0 Å². The Kier molecular flexibility index (Phi) is 5.72. The number of carbonyl (C=O) groups is 3. The molecule has 1 aromatic rings. The van der Waals surface area contributed by atoms with Gasteiger partial charge in [0.25, 0.3) is 5.91 Å². The second-order valence-electron chi connectivity index (χ2n) is 6.24. The third-order valence-electron chi connectivity index (χ3n) is 4.30. The molecule has 1 aromatic carbocycles. The molecule has 0 spiro atoms. The first-order chi connectivity index (χ1) is 12.5. The molecule has 2 heterocycles. The molecule has 0 aromatic heterocycles. The molecule has 2 atom stereocenters. The molecular formula is C18H22N2O6. The first-order valence-corrected chi connectivity index (χ1v) is 8.69. The Morgan fingerprint density at radius 3 is 2.73 bits per heavy atom. The number of esters is 1. The number of hydrogen-bond acceptors (Lipinski definition) is 6. The van der Waals surface area contributed by atoms with Crippen molar-refractivity contribution in [2.24, 2.45) is 0 Å². The summed E-state index contributed by atoms with van der Waals surface area (Å²) in [6.45, 7) is 3.38. The van der Waals surface area contributed by atoms with Crippen LogP contribution >= 0.6 is 0 Å². The van der Waals surface area contributed by atoms with Crippen LogP contribution in [0.3, 0.4) is 0 Å². The molecule has 8 heteroatoms. The summed E-state index contributed by atoms with van der Waals surface area (Å²) < 4.78 is 16.3. The second-order valence-corrected chi connectivity index (χ2v) is 6.24. The fourth-order valence-electron chi connectivity index (χ4n) is 2.83. The first-order valence-electron chi connectivity index (χ1n) is 8.69. The van der Waals surface area contributed by atoms with Gasteiger partial charge in [-0.05, 0) is 44.0 Å². The molecule has 0 bridgehead atoms. The fourth-order valence-corrected chi connectivity index (χ4v) is 2.83. The van der Waals surface area contributed by atoms with E-state index in [1.54, 1.807) is 24.3 Å². The third-order valence-corrected chi connectivity index (χ3v) is 4.30. The van der Waals surface area contributed by atoms with E-state index in [2.05, 4.69) is 5.32 Å². The van der Waals surface area contributed by atoms with Crippen molar-refractivity contribution >= 4 is 17.9 Å². The van der Waals surface area contributed by atoms with Gasteiger partial charge in [-0.15, -0.1) is 0 Å². The SMILES string of the molecule is C[C@H](OC(=O)c1ccc(OC[C@H]2CCCO2)cc1)C(=O)N1CCNC1=O. The smallest absolute Gasteiger partial charge is 0.338 e. The van der Waals surface area contributed by atoms with Crippen molar-refractivity contribution in [3.63, 3.8) is 0 Å². The number of amides is 3. The molecule has 0 aliphatic carbocycles. The minimum atomic E-state index is -1.04. The Morgan fingerprint density at radius 1 is 1.35 bits per heavy atom. The van der Waals surface area contributed by atoms with Gasteiger partial charge in [0.1, 0.15) is 12.4 Å². The molecule has 3 rings (SSSR count). The molecule has 3 amide bonds. The lowest BCUT2D eigenvalue weighted by Crippen LogP contribution is -2.41. The number of ether oxygens (including phenoxy) is 3. The molecule has 0 saturated carbocycles. The zero-order valence-corrected chi connectivity index (χ0v) is 14.6. The highest BCUT2D eigenvalue weighted by molar-refractivity contribution is 5.99. The van der Waals surface area contributed by atoms with Crippen molar-refractivity contribution in [2.75, 3.05) is 26.3 Å². The lowest BCUT2D eigenvalue weighted by atomic mass is 10.2. The van der Waals surface area contributed by atoms with Crippen molar-refractivity contribution in [3.05, 3.63) is 29.8 Å². The van der Waals surface area contributed by atoms with Crippen LogP contribution in [-0.4, -0.2) is 61.3 Å². The summed E-state index contributed by atoms with van der Waals surface area (Å²) in [6.07, 6.45) is 1.12. The number of nitrogens with one attached hydrogen (secondary N) is 1. The van der Waals surface area contributed by atoms with Gasteiger partial charge in [0.15, 0.2) is 6.10 Å². The topological polar surface area (TPSA) is 94.2 Å². The van der Waals surface area contributed by atoms with Crippen LogP contribution in [0.4, 0.5) is 4.79 Å². The summed E-state index contributed by atoms with van der Waals surface area (Å²) >= 11 is 0. The van der Waals surface area contributed by atoms with Crippen molar-refractivity contribution in [2.45, 2.75) is 32.0 Å². The van der Waals surface area contributed by atoms with E-state index in [-0.39, 0.29) is 12.6 Å². The van der Waals surface area contributed by atoms with Crippen LogP contribution in [0.1, 0.15) is 30.1 Å². The minimum absolute atomic E-state index is 0.120. The Hall–Kier alpha value is -2.61. The molecule has 2 aliphatic heterocycles. The summed E-state index contributed by atoms with van der Waals surface area (Å²) in [5.74, 6) is -0.532. The predicted molar refractivity (Wildman–Crippen MR) is 90.9 cm³/mol. The van der Waals surface area contributed by atoms with Gasteiger partial charge in [-0.1, -0.05) is 0 Å².